The second-order valence-electron chi connectivity index (χ2n) is 6.31. The van der Waals surface area contributed by atoms with E-state index >= 15 is 0 Å². The number of carbonyl (C=O) groups excluding carboxylic acids is 1. The molecule has 132 valence electrons. The van der Waals surface area contributed by atoms with E-state index in [9.17, 15) is 4.79 Å². The highest BCUT2D eigenvalue weighted by Crippen LogP contribution is 2.13. The minimum absolute atomic E-state index is 0.0744. The number of pyridine rings is 1. The first-order valence-electron chi connectivity index (χ1n) is 8.46. The fraction of sp³-hybridized carbons (Fsp3) is 0.278. The number of nitrogens with one attached hydrogen (secondary N) is 1. The Morgan fingerprint density at radius 3 is 2.96 bits per heavy atom. The number of carbonyl (C=O) groups is 1. The van der Waals surface area contributed by atoms with E-state index in [0.29, 0.717) is 23.3 Å². The molecule has 0 radical (unpaired) electrons. The number of hydrogen-bond acceptors (Lipinski definition) is 5. The van der Waals surface area contributed by atoms with Crippen molar-refractivity contribution in [1.29, 1.82) is 0 Å². The molecule has 8 heteroatoms. The summed E-state index contributed by atoms with van der Waals surface area (Å²) in [5, 5.41) is 7.92. The molecule has 1 amide bonds. The smallest absolute Gasteiger partial charge is 0.255 e. The molecule has 4 aromatic rings. The zero-order chi connectivity index (χ0) is 18.1. The van der Waals surface area contributed by atoms with Crippen LogP contribution in [0.25, 0.3) is 22.2 Å². The van der Waals surface area contributed by atoms with Crippen LogP contribution in [-0.2, 0) is 13.5 Å². The van der Waals surface area contributed by atoms with Crippen LogP contribution in [0.15, 0.2) is 36.5 Å². The predicted octanol–water partition coefficient (Wildman–Crippen LogP) is 1.94. The van der Waals surface area contributed by atoms with Crippen molar-refractivity contribution < 1.29 is 4.79 Å². The van der Waals surface area contributed by atoms with Gasteiger partial charge in [-0.05, 0) is 24.6 Å². The quantitative estimate of drug-likeness (QED) is 0.594. The largest absolute Gasteiger partial charge is 0.342 e. The predicted molar refractivity (Wildman–Crippen MR) is 97.7 cm³/mol. The van der Waals surface area contributed by atoms with Crippen LogP contribution in [0.4, 0.5) is 0 Å². The number of nitrogens with zero attached hydrogens (tertiary/aromatic N) is 6. The maximum atomic E-state index is 12.6. The summed E-state index contributed by atoms with van der Waals surface area (Å²) in [4.78, 5) is 26.4. The van der Waals surface area contributed by atoms with E-state index in [1.165, 1.54) is 0 Å². The summed E-state index contributed by atoms with van der Waals surface area (Å²) in [5.41, 5.74) is 3.80. The van der Waals surface area contributed by atoms with Gasteiger partial charge in [-0.2, -0.15) is 0 Å². The summed E-state index contributed by atoms with van der Waals surface area (Å²) in [7, 11) is 3.57. The van der Waals surface area contributed by atoms with Gasteiger partial charge in [0.05, 0.1) is 16.6 Å². The molecule has 1 N–H and O–H groups in total. The zero-order valence-corrected chi connectivity index (χ0v) is 14.7. The van der Waals surface area contributed by atoms with Gasteiger partial charge in [0.2, 0.25) is 0 Å². The number of H-pyrrole nitrogens is 1. The molecule has 0 bridgehead atoms. The van der Waals surface area contributed by atoms with E-state index in [1.54, 1.807) is 35.9 Å². The number of amides is 1. The number of para-hydroxylation sites is 2. The summed E-state index contributed by atoms with van der Waals surface area (Å²) >= 11 is 0. The molecule has 0 saturated heterocycles. The molecule has 0 aliphatic rings. The maximum absolute atomic E-state index is 12.6. The number of rotatable bonds is 5. The molecule has 1 aromatic carbocycles. The molecule has 0 saturated carbocycles. The average molecular weight is 349 g/mol. The summed E-state index contributed by atoms with van der Waals surface area (Å²) in [6.07, 6.45) is 3.18. The Bertz CT molecular complexity index is 1050. The van der Waals surface area contributed by atoms with Gasteiger partial charge in [0, 0.05) is 33.3 Å². The van der Waals surface area contributed by atoms with Gasteiger partial charge < -0.3 is 9.88 Å². The fourth-order valence-corrected chi connectivity index (χ4v) is 2.97. The highest BCUT2D eigenvalue weighted by atomic mass is 16.2. The summed E-state index contributed by atoms with van der Waals surface area (Å²) in [6, 6.07) is 9.69. The standard InChI is InChI=1S/C18H19N7O/c1-24(9-5-8-16-20-13-6-3-4-7-14(13)21-16)18(26)12-10-15-17(19-11-12)25(2)23-22-15/h3-4,6-7,10-11H,5,8-9H2,1-2H3,(H,20,21). The number of hydrogen-bond donors (Lipinski definition) is 1. The lowest BCUT2D eigenvalue weighted by molar-refractivity contribution is 0.0793. The Hall–Kier alpha value is -3.29. The number of aromatic amines is 1. The molecular formula is C18H19N7O. The Balaban J connectivity index is 1.38. The Kier molecular flexibility index (Phi) is 4.08. The van der Waals surface area contributed by atoms with Crippen molar-refractivity contribution in [2.45, 2.75) is 12.8 Å². The number of imidazole rings is 1. The molecule has 0 aliphatic carbocycles. The van der Waals surface area contributed by atoms with Crippen LogP contribution in [0.5, 0.6) is 0 Å². The van der Waals surface area contributed by atoms with Gasteiger partial charge in [-0.15, -0.1) is 5.10 Å². The Morgan fingerprint density at radius 1 is 1.27 bits per heavy atom. The third-order valence-electron chi connectivity index (χ3n) is 4.38. The first kappa shape index (κ1) is 16.2. The molecule has 0 atom stereocenters. The van der Waals surface area contributed by atoms with Gasteiger partial charge in [0.1, 0.15) is 11.3 Å². The lowest BCUT2D eigenvalue weighted by Gasteiger charge is -2.16. The zero-order valence-electron chi connectivity index (χ0n) is 14.7. The molecule has 0 aliphatic heterocycles. The van der Waals surface area contributed by atoms with Crippen LogP contribution < -0.4 is 0 Å². The fourth-order valence-electron chi connectivity index (χ4n) is 2.97. The van der Waals surface area contributed by atoms with Gasteiger partial charge >= 0.3 is 0 Å². The number of aryl methyl sites for hydroxylation is 2. The van der Waals surface area contributed by atoms with E-state index in [0.717, 1.165) is 29.7 Å². The third kappa shape index (κ3) is 3.01. The molecular weight excluding hydrogens is 330 g/mol. The first-order valence-corrected chi connectivity index (χ1v) is 8.46. The van der Waals surface area contributed by atoms with Crippen molar-refractivity contribution in [2.24, 2.45) is 7.05 Å². The van der Waals surface area contributed by atoms with Gasteiger partial charge in [0.15, 0.2) is 5.65 Å². The summed E-state index contributed by atoms with van der Waals surface area (Å²) in [5.74, 6) is 0.865. The lowest BCUT2D eigenvalue weighted by Crippen LogP contribution is -2.28. The van der Waals surface area contributed by atoms with E-state index in [2.05, 4.69) is 25.3 Å². The summed E-state index contributed by atoms with van der Waals surface area (Å²) in [6.45, 7) is 0.633. The van der Waals surface area contributed by atoms with Crippen molar-refractivity contribution in [1.82, 2.24) is 34.8 Å². The van der Waals surface area contributed by atoms with Crippen LogP contribution in [0.2, 0.25) is 0 Å². The van der Waals surface area contributed by atoms with Crippen molar-refractivity contribution in [3.63, 3.8) is 0 Å². The van der Waals surface area contributed by atoms with E-state index in [4.69, 9.17) is 0 Å². The maximum Gasteiger partial charge on any atom is 0.255 e. The number of benzene rings is 1. The molecule has 26 heavy (non-hydrogen) atoms. The van der Waals surface area contributed by atoms with Crippen LogP contribution in [-0.4, -0.2) is 54.3 Å². The van der Waals surface area contributed by atoms with Crippen molar-refractivity contribution in [3.8, 4) is 0 Å². The van der Waals surface area contributed by atoms with Crippen molar-refractivity contribution >= 4 is 28.1 Å². The molecule has 4 rings (SSSR count). The third-order valence-corrected chi connectivity index (χ3v) is 4.38. The second-order valence-corrected chi connectivity index (χ2v) is 6.31. The highest BCUT2D eigenvalue weighted by molar-refractivity contribution is 5.96. The monoisotopic (exact) mass is 349 g/mol. The summed E-state index contributed by atoms with van der Waals surface area (Å²) < 4.78 is 1.58. The normalized spacial score (nSPS) is 11.3. The van der Waals surface area contributed by atoms with Crippen molar-refractivity contribution in [2.75, 3.05) is 13.6 Å². The van der Waals surface area contributed by atoms with Crippen LogP contribution in [0.1, 0.15) is 22.6 Å². The van der Waals surface area contributed by atoms with Crippen molar-refractivity contribution in [3.05, 3.63) is 47.9 Å². The van der Waals surface area contributed by atoms with Gasteiger partial charge in [-0.25, -0.2) is 14.6 Å². The molecule has 0 unspecified atom stereocenters. The van der Waals surface area contributed by atoms with Crippen LogP contribution >= 0.6 is 0 Å². The van der Waals surface area contributed by atoms with E-state index < -0.39 is 0 Å². The highest BCUT2D eigenvalue weighted by Gasteiger charge is 2.14. The Labute approximate surface area is 149 Å². The Morgan fingerprint density at radius 2 is 2.12 bits per heavy atom. The van der Waals surface area contributed by atoms with Crippen LogP contribution in [0, 0.1) is 0 Å². The number of aromatic nitrogens is 6. The van der Waals surface area contributed by atoms with Crippen LogP contribution in [0.3, 0.4) is 0 Å². The average Bonchev–Trinajstić information content (AvgIpc) is 3.23. The molecule has 0 fully saturated rings. The van der Waals surface area contributed by atoms with Gasteiger partial charge in [-0.1, -0.05) is 17.3 Å². The molecule has 0 spiro atoms. The minimum atomic E-state index is -0.0744. The molecule has 3 heterocycles. The lowest BCUT2D eigenvalue weighted by atomic mass is 10.2. The second kappa shape index (κ2) is 6.55. The van der Waals surface area contributed by atoms with E-state index in [1.807, 2.05) is 24.3 Å². The first-order chi connectivity index (χ1) is 12.6. The van der Waals surface area contributed by atoms with Gasteiger partial charge in [-0.3, -0.25) is 4.79 Å². The molecule has 3 aromatic heterocycles. The number of fused-ring (bicyclic) bond motifs is 2. The minimum Gasteiger partial charge on any atom is -0.342 e. The SMILES string of the molecule is CN(CCCc1nc2ccccc2[nH]1)C(=O)c1cnc2c(c1)nnn2C. The molecule has 8 nitrogen and oxygen atoms in total. The van der Waals surface area contributed by atoms with E-state index in [-0.39, 0.29) is 5.91 Å². The van der Waals surface area contributed by atoms with Gasteiger partial charge in [0.25, 0.3) is 5.91 Å². The topological polar surface area (TPSA) is 92.6 Å².